The number of rotatable bonds is 4. The maximum Gasteiger partial charge on any atom is 0.373 e. The van der Waals surface area contributed by atoms with Crippen molar-refractivity contribution in [3.8, 4) is 0 Å². The molecule has 1 nitrogen and oxygen atoms in total. The minimum absolute atomic E-state index is 0.295. The summed E-state index contributed by atoms with van der Waals surface area (Å²) in [5, 5.41) is 2.94. The molecule has 0 spiro atoms. The number of hydrogen-bond donors (Lipinski definition) is 0. The molecule has 108 valence electrons. The van der Waals surface area contributed by atoms with Gasteiger partial charge in [0.15, 0.2) is 7.26 Å². The second-order valence-corrected chi connectivity index (χ2v) is 8.83. The number of hydrogen-bond acceptors (Lipinski definition) is 1. The fourth-order valence-electron chi connectivity index (χ4n) is 2.71. The lowest BCUT2D eigenvalue weighted by molar-refractivity contribution is 0.275. The Hall–Kier alpha value is -1.95. The van der Waals surface area contributed by atoms with Gasteiger partial charge in [-0.2, -0.15) is 0 Å². The molecule has 0 aliphatic rings. The highest BCUT2D eigenvalue weighted by Gasteiger charge is 2.52. The molecule has 3 aromatic carbocycles. The van der Waals surface area contributed by atoms with Crippen LogP contribution in [0.15, 0.2) is 91.0 Å². The Bertz CT molecular complexity index is 661. The first kappa shape index (κ1) is 15.0. The van der Waals surface area contributed by atoms with Crippen LogP contribution >= 0.6 is 18.9 Å². The molecule has 3 aromatic rings. The highest BCUT2D eigenvalue weighted by molar-refractivity contribution is 8.10. The van der Waals surface area contributed by atoms with E-state index in [0.717, 1.165) is 15.9 Å². The van der Waals surface area contributed by atoms with Crippen LogP contribution in [0.25, 0.3) is 0 Å². The lowest BCUT2D eigenvalue weighted by atomic mass is 10.4. The normalized spacial score (nSPS) is 11.1. The van der Waals surface area contributed by atoms with Crippen molar-refractivity contribution in [2.24, 2.45) is 0 Å². The maximum atomic E-state index is 12.7. The van der Waals surface area contributed by atoms with Gasteiger partial charge in [-0.05, 0) is 36.4 Å². The predicted molar refractivity (Wildman–Crippen MR) is 96.4 cm³/mol. The first-order chi connectivity index (χ1) is 10.8. The molecule has 0 saturated carbocycles. The van der Waals surface area contributed by atoms with Gasteiger partial charge < -0.3 is 0 Å². The van der Waals surface area contributed by atoms with Gasteiger partial charge in [-0.3, -0.25) is 0 Å². The Kier molecular flexibility index (Phi) is 4.38. The molecule has 3 rings (SSSR count). The van der Waals surface area contributed by atoms with Crippen LogP contribution in [-0.4, -0.2) is 4.98 Å². The van der Waals surface area contributed by atoms with Gasteiger partial charge in [0.2, 0.25) is 0 Å². The summed E-state index contributed by atoms with van der Waals surface area (Å²) in [6.45, 7) is 0. The van der Waals surface area contributed by atoms with Crippen molar-refractivity contribution >= 4 is 39.8 Å². The molecular formula is C19H15ClOP+. The monoisotopic (exact) mass is 325 g/mol. The third kappa shape index (κ3) is 2.47. The van der Waals surface area contributed by atoms with E-state index in [1.54, 1.807) is 0 Å². The molecule has 3 heteroatoms. The highest BCUT2D eigenvalue weighted by Crippen LogP contribution is 2.57. The summed E-state index contributed by atoms with van der Waals surface area (Å²) >= 11 is 6.21. The number of carbonyl (C=O) groups excluding carboxylic acids is 1. The molecule has 0 atom stereocenters. The zero-order valence-corrected chi connectivity index (χ0v) is 13.5. The zero-order chi connectivity index (χ0) is 15.4. The smallest absolute Gasteiger partial charge is 0.232 e. The quantitative estimate of drug-likeness (QED) is 0.515. The lowest BCUT2D eigenvalue weighted by Gasteiger charge is -2.22. The second-order valence-electron chi connectivity index (χ2n) is 4.93. The van der Waals surface area contributed by atoms with Crippen molar-refractivity contribution < 1.29 is 4.79 Å². The van der Waals surface area contributed by atoms with E-state index in [9.17, 15) is 4.79 Å². The van der Waals surface area contributed by atoms with Crippen LogP contribution in [-0.2, 0) is 0 Å². The van der Waals surface area contributed by atoms with E-state index in [-0.39, 0.29) is 4.98 Å². The van der Waals surface area contributed by atoms with Crippen molar-refractivity contribution in [2.75, 3.05) is 0 Å². The van der Waals surface area contributed by atoms with E-state index in [1.807, 2.05) is 91.0 Å². The van der Waals surface area contributed by atoms with E-state index in [0.29, 0.717) is 0 Å². The highest BCUT2D eigenvalue weighted by atomic mass is 35.5. The molecule has 0 N–H and O–H groups in total. The molecule has 0 aliphatic carbocycles. The average Bonchev–Trinajstić information content (AvgIpc) is 2.58. The molecule has 0 amide bonds. The molecule has 22 heavy (non-hydrogen) atoms. The topological polar surface area (TPSA) is 17.1 Å². The zero-order valence-electron chi connectivity index (χ0n) is 11.9. The summed E-state index contributed by atoms with van der Waals surface area (Å²) in [6, 6.07) is 29.5. The Morgan fingerprint density at radius 2 is 0.864 bits per heavy atom. The molecule has 0 bridgehead atoms. The summed E-state index contributed by atoms with van der Waals surface area (Å²) in [5.41, 5.74) is 0. The Labute approximate surface area is 135 Å². The third-order valence-electron chi connectivity index (χ3n) is 3.69. The molecule has 0 heterocycles. The number of halogens is 1. The molecule has 0 aromatic heterocycles. The van der Waals surface area contributed by atoms with Gasteiger partial charge in [-0.25, -0.2) is 4.79 Å². The van der Waals surface area contributed by atoms with Crippen molar-refractivity contribution in [3.63, 3.8) is 0 Å². The minimum atomic E-state index is -2.50. The van der Waals surface area contributed by atoms with Crippen molar-refractivity contribution in [2.45, 2.75) is 0 Å². The second kappa shape index (κ2) is 6.44. The van der Waals surface area contributed by atoms with Crippen LogP contribution in [0.5, 0.6) is 0 Å². The van der Waals surface area contributed by atoms with Crippen LogP contribution in [0.4, 0.5) is 4.79 Å². The maximum absolute atomic E-state index is 12.7. The van der Waals surface area contributed by atoms with Gasteiger partial charge in [0.25, 0.3) is 0 Å². The third-order valence-corrected chi connectivity index (χ3v) is 8.20. The Morgan fingerprint density at radius 3 is 1.09 bits per heavy atom. The fraction of sp³-hybridized carbons (Fsp3) is 0. The summed E-state index contributed by atoms with van der Waals surface area (Å²) in [5.74, 6) is 0. The summed E-state index contributed by atoms with van der Waals surface area (Å²) in [6.07, 6.45) is 0. The van der Waals surface area contributed by atoms with E-state index in [1.165, 1.54) is 0 Å². The van der Waals surface area contributed by atoms with Gasteiger partial charge in [0.05, 0.1) is 0 Å². The van der Waals surface area contributed by atoms with Crippen molar-refractivity contribution in [1.82, 2.24) is 0 Å². The van der Waals surface area contributed by atoms with E-state index >= 15 is 0 Å². The lowest BCUT2D eigenvalue weighted by Crippen LogP contribution is -2.34. The predicted octanol–water partition coefficient (Wildman–Crippen LogP) is 4.34. The van der Waals surface area contributed by atoms with Gasteiger partial charge in [0, 0.05) is 11.6 Å². The first-order valence-electron chi connectivity index (χ1n) is 7.02. The van der Waals surface area contributed by atoms with Gasteiger partial charge in [0.1, 0.15) is 15.9 Å². The standard InChI is InChI=1S/C19H15ClOP/c20-19(21)22(16-10-4-1-5-11-16,17-12-6-2-7-13-17)18-14-8-3-9-15-18/h1-15H/q+1. The molecular weight excluding hydrogens is 311 g/mol. The van der Waals surface area contributed by atoms with E-state index in [4.69, 9.17) is 11.6 Å². The Balaban J connectivity index is 2.37. The average molecular weight is 326 g/mol. The van der Waals surface area contributed by atoms with Gasteiger partial charge in [-0.1, -0.05) is 54.6 Å². The van der Waals surface area contributed by atoms with Crippen LogP contribution in [0.1, 0.15) is 0 Å². The van der Waals surface area contributed by atoms with E-state index in [2.05, 4.69) is 0 Å². The first-order valence-corrected chi connectivity index (χ1v) is 9.19. The fourth-order valence-corrected chi connectivity index (χ4v) is 6.95. The summed E-state index contributed by atoms with van der Waals surface area (Å²) < 4.78 is 0. The molecule has 0 fully saturated rings. The van der Waals surface area contributed by atoms with Crippen LogP contribution in [0.3, 0.4) is 0 Å². The van der Waals surface area contributed by atoms with Crippen LogP contribution < -0.4 is 15.9 Å². The molecule has 0 radical (unpaired) electrons. The number of benzene rings is 3. The van der Waals surface area contributed by atoms with Crippen molar-refractivity contribution in [1.29, 1.82) is 0 Å². The minimum Gasteiger partial charge on any atom is -0.232 e. The van der Waals surface area contributed by atoms with Crippen molar-refractivity contribution in [3.05, 3.63) is 91.0 Å². The van der Waals surface area contributed by atoms with Gasteiger partial charge >= 0.3 is 4.98 Å². The summed E-state index contributed by atoms with van der Waals surface area (Å²) in [4.78, 5) is 12.4. The largest absolute Gasteiger partial charge is 0.373 e. The van der Waals surface area contributed by atoms with E-state index < -0.39 is 7.26 Å². The van der Waals surface area contributed by atoms with Gasteiger partial charge in [-0.15, -0.1) is 0 Å². The molecule has 0 saturated heterocycles. The van der Waals surface area contributed by atoms with Crippen LogP contribution in [0.2, 0.25) is 0 Å². The summed E-state index contributed by atoms with van der Waals surface area (Å²) in [7, 11) is -2.50. The van der Waals surface area contributed by atoms with Crippen LogP contribution in [0, 0.1) is 0 Å². The molecule has 0 unspecified atom stereocenters. The number of carbonyl (C=O) groups is 1. The molecule has 0 aliphatic heterocycles. The Morgan fingerprint density at radius 1 is 0.591 bits per heavy atom. The SMILES string of the molecule is O=C(Cl)[P+](c1ccccc1)(c1ccccc1)c1ccccc1.